The number of likely N-dealkylation sites (tertiary alicyclic amines) is 1. The number of rotatable bonds is 4. The predicted octanol–water partition coefficient (Wildman–Crippen LogP) is 2.41. The van der Waals surface area contributed by atoms with Crippen molar-refractivity contribution in [2.24, 2.45) is 5.92 Å². The van der Waals surface area contributed by atoms with Gasteiger partial charge < -0.3 is 10.0 Å². The van der Waals surface area contributed by atoms with Gasteiger partial charge in [-0.25, -0.2) is 0 Å². The van der Waals surface area contributed by atoms with Gasteiger partial charge in [0.1, 0.15) is 0 Å². The van der Waals surface area contributed by atoms with Crippen LogP contribution in [0.1, 0.15) is 18.9 Å². The maximum atomic E-state index is 12.2. The first-order valence-electron chi connectivity index (χ1n) is 6.71. The third-order valence-corrected chi connectivity index (χ3v) is 4.77. The average Bonchev–Trinajstić information content (AvgIpc) is 2.80. The number of hydrogen-bond donors (Lipinski definition) is 1. The summed E-state index contributed by atoms with van der Waals surface area (Å²) in [7, 11) is 0. The summed E-state index contributed by atoms with van der Waals surface area (Å²) in [5.41, 5.74) is 1.19. The molecule has 108 valence electrons. The van der Waals surface area contributed by atoms with Gasteiger partial charge in [-0.3, -0.25) is 9.59 Å². The molecule has 2 unspecified atom stereocenters. The third-order valence-electron chi connectivity index (χ3n) is 3.78. The fourth-order valence-corrected chi connectivity index (χ4v) is 3.27. The standard InChI is InChI=1S/C15H19NO3S/c1-10-3-5-12(6-4-10)20-9-14(17)16-8-7-13(11(16)2)15(18)19/h3-6,11,13H,7-9H2,1-2H3,(H,18,19). The number of carboxylic acid groups (broad SMARTS) is 1. The van der Waals surface area contributed by atoms with E-state index >= 15 is 0 Å². The first kappa shape index (κ1) is 14.9. The van der Waals surface area contributed by atoms with E-state index in [-0.39, 0.29) is 11.9 Å². The van der Waals surface area contributed by atoms with Gasteiger partial charge in [-0.1, -0.05) is 17.7 Å². The molecule has 2 atom stereocenters. The Hall–Kier alpha value is -1.49. The minimum Gasteiger partial charge on any atom is -0.481 e. The van der Waals surface area contributed by atoms with Crippen molar-refractivity contribution in [2.75, 3.05) is 12.3 Å². The summed E-state index contributed by atoms with van der Waals surface area (Å²) in [6.45, 7) is 4.39. The van der Waals surface area contributed by atoms with Crippen LogP contribution in [0.4, 0.5) is 0 Å². The topological polar surface area (TPSA) is 57.6 Å². The number of carboxylic acids is 1. The summed E-state index contributed by atoms with van der Waals surface area (Å²) >= 11 is 1.50. The Labute approximate surface area is 123 Å². The zero-order valence-electron chi connectivity index (χ0n) is 11.7. The highest BCUT2D eigenvalue weighted by Gasteiger charge is 2.37. The Kier molecular flexibility index (Phi) is 4.70. The highest BCUT2D eigenvalue weighted by Crippen LogP contribution is 2.26. The Morgan fingerprint density at radius 1 is 1.35 bits per heavy atom. The van der Waals surface area contributed by atoms with Crippen molar-refractivity contribution >= 4 is 23.6 Å². The van der Waals surface area contributed by atoms with Gasteiger partial charge in [0.05, 0.1) is 11.7 Å². The fraction of sp³-hybridized carbons (Fsp3) is 0.467. The number of aryl methyl sites for hydroxylation is 1. The van der Waals surface area contributed by atoms with Gasteiger partial charge in [0.2, 0.25) is 5.91 Å². The van der Waals surface area contributed by atoms with Gasteiger partial charge in [0.25, 0.3) is 0 Å². The summed E-state index contributed by atoms with van der Waals surface area (Å²) in [5.74, 6) is -0.853. The van der Waals surface area contributed by atoms with Crippen LogP contribution >= 0.6 is 11.8 Å². The van der Waals surface area contributed by atoms with Crippen LogP contribution in [-0.4, -0.2) is 40.2 Å². The molecular weight excluding hydrogens is 274 g/mol. The monoisotopic (exact) mass is 293 g/mol. The fourth-order valence-electron chi connectivity index (χ4n) is 2.48. The maximum Gasteiger partial charge on any atom is 0.308 e. The summed E-state index contributed by atoms with van der Waals surface area (Å²) < 4.78 is 0. The first-order valence-corrected chi connectivity index (χ1v) is 7.69. The number of thioether (sulfide) groups is 1. The van der Waals surface area contributed by atoms with Gasteiger partial charge in [-0.15, -0.1) is 11.8 Å². The van der Waals surface area contributed by atoms with E-state index in [9.17, 15) is 9.59 Å². The van der Waals surface area contributed by atoms with Crippen LogP contribution in [0.3, 0.4) is 0 Å². The van der Waals surface area contributed by atoms with Crippen molar-refractivity contribution in [1.82, 2.24) is 4.90 Å². The molecule has 1 aromatic rings. The second-order valence-electron chi connectivity index (χ2n) is 5.16. The molecule has 1 heterocycles. The second kappa shape index (κ2) is 6.31. The molecule has 2 rings (SSSR count). The molecule has 0 spiro atoms. The van der Waals surface area contributed by atoms with Crippen LogP contribution < -0.4 is 0 Å². The molecule has 1 aliphatic rings. The smallest absolute Gasteiger partial charge is 0.308 e. The zero-order valence-corrected chi connectivity index (χ0v) is 12.5. The van der Waals surface area contributed by atoms with Crippen LogP contribution in [0.25, 0.3) is 0 Å². The zero-order chi connectivity index (χ0) is 14.7. The maximum absolute atomic E-state index is 12.2. The molecule has 1 saturated heterocycles. The number of aliphatic carboxylic acids is 1. The van der Waals surface area contributed by atoms with Crippen molar-refractivity contribution in [3.8, 4) is 0 Å². The van der Waals surface area contributed by atoms with Crippen molar-refractivity contribution in [3.63, 3.8) is 0 Å². The quantitative estimate of drug-likeness (QED) is 0.866. The van der Waals surface area contributed by atoms with Crippen molar-refractivity contribution in [1.29, 1.82) is 0 Å². The molecule has 0 aliphatic carbocycles. The van der Waals surface area contributed by atoms with Gasteiger partial charge in [-0.2, -0.15) is 0 Å². The number of amides is 1. The van der Waals surface area contributed by atoms with Crippen molar-refractivity contribution in [2.45, 2.75) is 31.2 Å². The van der Waals surface area contributed by atoms with Crippen LogP contribution in [0.5, 0.6) is 0 Å². The van der Waals surface area contributed by atoms with Gasteiger partial charge in [0, 0.05) is 17.5 Å². The van der Waals surface area contributed by atoms with E-state index < -0.39 is 11.9 Å². The van der Waals surface area contributed by atoms with Crippen LogP contribution in [0, 0.1) is 12.8 Å². The summed E-state index contributed by atoms with van der Waals surface area (Å²) in [6, 6.07) is 7.83. The summed E-state index contributed by atoms with van der Waals surface area (Å²) in [6.07, 6.45) is 0.553. The van der Waals surface area contributed by atoms with E-state index in [1.165, 1.54) is 17.3 Å². The molecule has 0 radical (unpaired) electrons. The molecule has 1 aromatic carbocycles. The Morgan fingerprint density at radius 3 is 2.55 bits per heavy atom. The second-order valence-corrected chi connectivity index (χ2v) is 6.21. The number of carbonyl (C=O) groups excluding carboxylic acids is 1. The van der Waals surface area contributed by atoms with Crippen LogP contribution in [0.2, 0.25) is 0 Å². The minimum atomic E-state index is -0.806. The molecule has 20 heavy (non-hydrogen) atoms. The molecule has 0 saturated carbocycles. The number of benzene rings is 1. The van der Waals surface area contributed by atoms with Gasteiger partial charge in [0.15, 0.2) is 0 Å². The molecule has 0 bridgehead atoms. The van der Waals surface area contributed by atoms with E-state index in [0.717, 1.165) is 4.90 Å². The molecule has 4 nitrogen and oxygen atoms in total. The lowest BCUT2D eigenvalue weighted by Crippen LogP contribution is -2.38. The lowest BCUT2D eigenvalue weighted by atomic mass is 10.0. The van der Waals surface area contributed by atoms with Crippen molar-refractivity contribution < 1.29 is 14.7 Å². The first-order chi connectivity index (χ1) is 9.49. The lowest BCUT2D eigenvalue weighted by molar-refractivity contribution is -0.142. The van der Waals surface area contributed by atoms with Crippen LogP contribution in [-0.2, 0) is 9.59 Å². The lowest BCUT2D eigenvalue weighted by Gasteiger charge is -2.23. The molecule has 1 aliphatic heterocycles. The Bertz CT molecular complexity index is 500. The van der Waals surface area contributed by atoms with E-state index in [1.54, 1.807) is 4.90 Å². The Morgan fingerprint density at radius 2 is 2.00 bits per heavy atom. The summed E-state index contributed by atoms with van der Waals surface area (Å²) in [4.78, 5) is 26.0. The predicted molar refractivity (Wildman–Crippen MR) is 78.8 cm³/mol. The summed E-state index contributed by atoms with van der Waals surface area (Å²) in [5, 5.41) is 9.07. The minimum absolute atomic E-state index is 0.0202. The molecule has 1 fully saturated rings. The highest BCUT2D eigenvalue weighted by molar-refractivity contribution is 8.00. The molecular formula is C15H19NO3S. The largest absolute Gasteiger partial charge is 0.481 e. The highest BCUT2D eigenvalue weighted by atomic mass is 32.2. The van der Waals surface area contributed by atoms with Crippen LogP contribution in [0.15, 0.2) is 29.2 Å². The number of nitrogens with zero attached hydrogens (tertiary/aromatic N) is 1. The normalized spacial score (nSPS) is 22.0. The Balaban J connectivity index is 1.89. The molecule has 1 N–H and O–H groups in total. The van der Waals surface area contributed by atoms with E-state index in [1.807, 2.05) is 38.1 Å². The number of carbonyl (C=O) groups is 2. The van der Waals surface area contributed by atoms with Crippen molar-refractivity contribution in [3.05, 3.63) is 29.8 Å². The molecule has 0 aromatic heterocycles. The van der Waals surface area contributed by atoms with Gasteiger partial charge in [-0.05, 0) is 32.4 Å². The third kappa shape index (κ3) is 3.33. The SMILES string of the molecule is Cc1ccc(SCC(=O)N2CCC(C(=O)O)C2C)cc1. The average molecular weight is 293 g/mol. The molecule has 5 heteroatoms. The number of hydrogen-bond acceptors (Lipinski definition) is 3. The van der Waals surface area contributed by atoms with Gasteiger partial charge >= 0.3 is 5.97 Å². The van der Waals surface area contributed by atoms with E-state index in [4.69, 9.17) is 5.11 Å². The van der Waals surface area contributed by atoms with E-state index in [2.05, 4.69) is 0 Å². The molecule has 1 amide bonds. The van der Waals surface area contributed by atoms with E-state index in [0.29, 0.717) is 18.7 Å².